The number of methoxy groups -OCH3 is 1. The van der Waals surface area contributed by atoms with Crippen LogP contribution in [0.3, 0.4) is 0 Å². The fourth-order valence-corrected chi connectivity index (χ4v) is 1.99. The second-order valence-electron chi connectivity index (χ2n) is 5.33. The Labute approximate surface area is 163 Å². The van der Waals surface area contributed by atoms with Crippen molar-refractivity contribution in [2.45, 2.75) is 32.7 Å². The number of nitrogens with zero attached hydrogens (tertiary/aromatic N) is 1. The third-order valence-electron chi connectivity index (χ3n) is 3.03. The third-order valence-corrected chi connectivity index (χ3v) is 3.03. The van der Waals surface area contributed by atoms with E-state index >= 15 is 0 Å². The zero-order valence-corrected chi connectivity index (χ0v) is 17.1. The van der Waals surface area contributed by atoms with Crippen molar-refractivity contribution in [1.82, 2.24) is 10.6 Å². The average molecular weight is 475 g/mol. The van der Waals surface area contributed by atoms with Crippen molar-refractivity contribution in [3.8, 4) is 5.75 Å². The lowest BCUT2D eigenvalue weighted by atomic mass is 10.1. The van der Waals surface area contributed by atoms with E-state index in [2.05, 4.69) is 15.6 Å². The van der Waals surface area contributed by atoms with Gasteiger partial charge in [0.05, 0.1) is 18.3 Å². The first-order valence-electron chi connectivity index (χ1n) is 7.58. The Kier molecular flexibility index (Phi) is 10.8. The summed E-state index contributed by atoms with van der Waals surface area (Å²) in [5.41, 5.74) is -0.603. The SMILES string of the molecule is CN=C(NCCOC)NCc1ccc(OC(C)C)cc1C(F)(F)F.I. The normalized spacial score (nSPS) is 11.9. The van der Waals surface area contributed by atoms with Gasteiger partial charge in [-0.25, -0.2) is 0 Å². The molecule has 0 aliphatic heterocycles. The first-order chi connectivity index (χ1) is 11.3. The second-order valence-corrected chi connectivity index (χ2v) is 5.33. The molecule has 0 aliphatic carbocycles. The van der Waals surface area contributed by atoms with Crippen LogP contribution in [0.25, 0.3) is 0 Å². The summed E-state index contributed by atoms with van der Waals surface area (Å²) >= 11 is 0. The maximum atomic E-state index is 13.3. The van der Waals surface area contributed by atoms with Gasteiger partial charge in [-0.05, 0) is 31.5 Å². The lowest BCUT2D eigenvalue weighted by Gasteiger charge is -2.18. The van der Waals surface area contributed by atoms with Gasteiger partial charge in [0.2, 0.25) is 0 Å². The number of aliphatic imine (C=N–C) groups is 1. The van der Waals surface area contributed by atoms with E-state index in [0.29, 0.717) is 19.1 Å². The van der Waals surface area contributed by atoms with Crippen molar-refractivity contribution in [2.24, 2.45) is 4.99 Å². The predicted molar refractivity (Wildman–Crippen MR) is 103 cm³/mol. The van der Waals surface area contributed by atoms with Crippen LogP contribution in [-0.4, -0.2) is 39.4 Å². The molecule has 25 heavy (non-hydrogen) atoms. The van der Waals surface area contributed by atoms with Crippen LogP contribution >= 0.6 is 24.0 Å². The average Bonchev–Trinajstić information content (AvgIpc) is 2.50. The van der Waals surface area contributed by atoms with Crippen LogP contribution in [0.2, 0.25) is 0 Å². The van der Waals surface area contributed by atoms with Gasteiger partial charge in [-0.15, -0.1) is 24.0 Å². The molecule has 0 fully saturated rings. The van der Waals surface area contributed by atoms with Crippen molar-refractivity contribution < 1.29 is 22.6 Å². The standard InChI is InChI=1S/C16H24F3N3O2.HI/c1-11(2)24-13-6-5-12(14(9-13)16(17,18)19)10-22-15(20-3)21-7-8-23-4;/h5-6,9,11H,7-8,10H2,1-4H3,(H2,20,21,22);1H. The Bertz CT molecular complexity index is 552. The predicted octanol–water partition coefficient (Wildman–Crippen LogP) is 3.42. The van der Waals surface area contributed by atoms with Gasteiger partial charge in [0.25, 0.3) is 0 Å². The Hall–Kier alpha value is -1.23. The highest BCUT2D eigenvalue weighted by molar-refractivity contribution is 14.0. The number of benzene rings is 1. The van der Waals surface area contributed by atoms with E-state index in [0.717, 1.165) is 6.07 Å². The molecule has 0 saturated heterocycles. The fraction of sp³-hybridized carbons (Fsp3) is 0.562. The first-order valence-corrected chi connectivity index (χ1v) is 7.58. The van der Waals surface area contributed by atoms with Crippen molar-refractivity contribution >= 4 is 29.9 Å². The zero-order chi connectivity index (χ0) is 18.2. The molecule has 0 amide bonds. The summed E-state index contributed by atoms with van der Waals surface area (Å²) in [5.74, 6) is 0.603. The largest absolute Gasteiger partial charge is 0.491 e. The zero-order valence-electron chi connectivity index (χ0n) is 14.7. The number of nitrogens with one attached hydrogen (secondary N) is 2. The van der Waals surface area contributed by atoms with Gasteiger partial charge < -0.3 is 20.1 Å². The highest BCUT2D eigenvalue weighted by Crippen LogP contribution is 2.34. The molecule has 5 nitrogen and oxygen atoms in total. The summed E-state index contributed by atoms with van der Waals surface area (Å²) in [5, 5.41) is 5.80. The Morgan fingerprint density at radius 2 is 1.92 bits per heavy atom. The molecule has 0 radical (unpaired) electrons. The van der Waals surface area contributed by atoms with Crippen molar-refractivity contribution in [2.75, 3.05) is 27.3 Å². The van der Waals surface area contributed by atoms with Gasteiger partial charge in [-0.1, -0.05) is 6.07 Å². The molecule has 0 heterocycles. The molecule has 0 bridgehead atoms. The van der Waals surface area contributed by atoms with E-state index < -0.39 is 11.7 Å². The van der Waals surface area contributed by atoms with Crippen LogP contribution in [0.15, 0.2) is 23.2 Å². The number of halogens is 4. The molecule has 0 unspecified atom stereocenters. The van der Waals surface area contributed by atoms with E-state index in [1.165, 1.54) is 12.1 Å². The molecule has 0 aliphatic rings. The van der Waals surface area contributed by atoms with Crippen LogP contribution in [0, 0.1) is 0 Å². The molecule has 0 saturated carbocycles. The first kappa shape index (κ1) is 23.8. The lowest BCUT2D eigenvalue weighted by Crippen LogP contribution is -2.38. The van der Waals surface area contributed by atoms with Gasteiger partial charge in [0.15, 0.2) is 5.96 Å². The number of guanidine groups is 1. The van der Waals surface area contributed by atoms with Gasteiger partial charge in [0.1, 0.15) is 5.75 Å². The molecule has 9 heteroatoms. The Balaban J connectivity index is 0.00000576. The lowest BCUT2D eigenvalue weighted by molar-refractivity contribution is -0.138. The Morgan fingerprint density at radius 3 is 2.44 bits per heavy atom. The minimum atomic E-state index is -4.46. The molecule has 0 atom stereocenters. The molecule has 1 rings (SSSR count). The fourth-order valence-electron chi connectivity index (χ4n) is 1.99. The highest BCUT2D eigenvalue weighted by Gasteiger charge is 2.33. The van der Waals surface area contributed by atoms with Crippen LogP contribution in [0.1, 0.15) is 25.0 Å². The third kappa shape index (κ3) is 8.61. The summed E-state index contributed by atoms with van der Waals surface area (Å²) < 4.78 is 50.1. The van der Waals surface area contributed by atoms with E-state index in [1.807, 2.05) is 0 Å². The van der Waals surface area contributed by atoms with Crippen LogP contribution in [0.5, 0.6) is 5.75 Å². The summed E-state index contributed by atoms with van der Waals surface area (Å²) in [7, 11) is 3.11. The van der Waals surface area contributed by atoms with Gasteiger partial charge in [-0.3, -0.25) is 4.99 Å². The molecule has 1 aromatic rings. The number of rotatable bonds is 7. The van der Waals surface area contributed by atoms with Gasteiger partial charge in [0, 0.05) is 27.2 Å². The van der Waals surface area contributed by atoms with Crippen molar-refractivity contribution in [3.63, 3.8) is 0 Å². The molecule has 144 valence electrons. The van der Waals surface area contributed by atoms with Gasteiger partial charge >= 0.3 is 6.18 Å². The number of ether oxygens (including phenoxy) is 2. The molecule has 1 aromatic carbocycles. The molecular formula is C16H25F3IN3O2. The molecule has 0 spiro atoms. The minimum Gasteiger partial charge on any atom is -0.491 e. The summed E-state index contributed by atoms with van der Waals surface area (Å²) in [6.45, 7) is 4.49. The quantitative estimate of drug-likeness (QED) is 0.275. The number of hydrogen-bond acceptors (Lipinski definition) is 3. The maximum Gasteiger partial charge on any atom is 0.416 e. The minimum absolute atomic E-state index is 0. The second kappa shape index (κ2) is 11.4. The summed E-state index contributed by atoms with van der Waals surface area (Å²) in [6, 6.07) is 3.97. The van der Waals surface area contributed by atoms with Crippen molar-refractivity contribution in [3.05, 3.63) is 29.3 Å². The number of hydrogen-bond donors (Lipinski definition) is 2. The van der Waals surface area contributed by atoms with Crippen molar-refractivity contribution in [1.29, 1.82) is 0 Å². The molecule has 2 N–H and O–H groups in total. The van der Waals surface area contributed by atoms with Crippen LogP contribution in [0.4, 0.5) is 13.2 Å². The van der Waals surface area contributed by atoms with E-state index in [-0.39, 0.29) is 47.9 Å². The molecular weight excluding hydrogens is 450 g/mol. The van der Waals surface area contributed by atoms with Crippen LogP contribution < -0.4 is 15.4 Å². The van der Waals surface area contributed by atoms with Gasteiger partial charge in [-0.2, -0.15) is 13.2 Å². The number of alkyl halides is 3. The smallest absolute Gasteiger partial charge is 0.416 e. The Morgan fingerprint density at radius 1 is 1.24 bits per heavy atom. The topological polar surface area (TPSA) is 54.9 Å². The van der Waals surface area contributed by atoms with E-state index in [4.69, 9.17) is 9.47 Å². The highest BCUT2D eigenvalue weighted by atomic mass is 127. The van der Waals surface area contributed by atoms with E-state index in [1.54, 1.807) is 28.0 Å². The molecule has 0 aromatic heterocycles. The monoisotopic (exact) mass is 475 g/mol. The summed E-state index contributed by atoms with van der Waals surface area (Å²) in [6.07, 6.45) is -4.65. The van der Waals surface area contributed by atoms with E-state index in [9.17, 15) is 13.2 Å². The summed E-state index contributed by atoms with van der Waals surface area (Å²) in [4.78, 5) is 3.96. The van der Waals surface area contributed by atoms with Crippen LogP contribution in [-0.2, 0) is 17.5 Å². The maximum absolute atomic E-state index is 13.3.